The molecule has 0 radical (unpaired) electrons. The number of nitrogens with zero attached hydrogens (tertiary/aromatic N) is 2. The number of carbonyl (C=O) groups excluding carboxylic acids is 2. The Morgan fingerprint density at radius 1 is 0.895 bits per heavy atom. The van der Waals surface area contributed by atoms with Crippen LogP contribution in [-0.4, -0.2) is 27.0 Å². The summed E-state index contributed by atoms with van der Waals surface area (Å²) in [6.45, 7) is 4.19. The number of carbonyl (C=O) groups is 2. The maximum Gasteiger partial charge on any atom is 0.331 e. The van der Waals surface area contributed by atoms with Gasteiger partial charge in [-0.25, -0.2) is 4.79 Å². The monoisotopic (exact) mass is 518 g/mol. The number of nitrogens with one attached hydrogen (secondary N) is 2. The van der Waals surface area contributed by atoms with Gasteiger partial charge in [0.15, 0.2) is 0 Å². The van der Waals surface area contributed by atoms with E-state index in [4.69, 9.17) is 0 Å². The lowest BCUT2D eigenvalue weighted by molar-refractivity contribution is -0.122. The Morgan fingerprint density at radius 3 is 2.32 bits per heavy atom. The number of amides is 2. The summed E-state index contributed by atoms with van der Waals surface area (Å²) in [5, 5.41) is 6.34. The number of benzene rings is 2. The molecule has 1 aromatic heterocycles. The predicted octanol–water partition coefficient (Wildman–Crippen LogP) is 4.54. The summed E-state index contributed by atoms with van der Waals surface area (Å²) < 4.78 is 2.54. The Labute approximate surface area is 223 Å². The Hall–Kier alpha value is -3.68. The normalized spacial score (nSPS) is 14.1. The molecule has 0 atom stereocenters. The van der Waals surface area contributed by atoms with E-state index in [0.29, 0.717) is 41.8 Å². The topological polar surface area (TPSA) is 102 Å². The first-order chi connectivity index (χ1) is 18.3. The van der Waals surface area contributed by atoms with Crippen LogP contribution in [-0.2, 0) is 22.7 Å². The van der Waals surface area contributed by atoms with Gasteiger partial charge in [-0.05, 0) is 61.4 Å². The zero-order valence-corrected chi connectivity index (χ0v) is 22.4. The fourth-order valence-electron chi connectivity index (χ4n) is 5.12. The highest BCUT2D eigenvalue weighted by Gasteiger charge is 2.17. The number of hydrogen-bond acceptors (Lipinski definition) is 4. The highest BCUT2D eigenvalue weighted by Crippen LogP contribution is 2.18. The molecule has 1 aliphatic rings. The van der Waals surface area contributed by atoms with Crippen molar-refractivity contribution in [2.24, 2.45) is 0 Å². The Bertz CT molecular complexity index is 1380. The van der Waals surface area contributed by atoms with Crippen molar-refractivity contribution in [2.75, 3.05) is 5.32 Å². The molecular weight excluding hydrogens is 480 g/mol. The second kappa shape index (κ2) is 12.7. The lowest BCUT2D eigenvalue weighted by atomic mass is 9.95. The molecule has 0 bridgehead atoms. The molecule has 3 aromatic rings. The summed E-state index contributed by atoms with van der Waals surface area (Å²) in [6.07, 6.45) is 7.07. The van der Waals surface area contributed by atoms with Crippen molar-refractivity contribution in [3.63, 3.8) is 0 Å². The third-order valence-corrected chi connectivity index (χ3v) is 7.30. The summed E-state index contributed by atoms with van der Waals surface area (Å²) in [5.41, 5.74) is 1.35. The fraction of sp³-hybridized carbons (Fsp3) is 0.467. The van der Waals surface area contributed by atoms with Gasteiger partial charge in [-0.15, -0.1) is 0 Å². The third kappa shape index (κ3) is 6.79. The van der Waals surface area contributed by atoms with Crippen LogP contribution in [0.2, 0.25) is 0 Å². The maximum atomic E-state index is 13.4. The average molecular weight is 519 g/mol. The van der Waals surface area contributed by atoms with Crippen molar-refractivity contribution < 1.29 is 9.59 Å². The number of rotatable bonds is 10. The van der Waals surface area contributed by atoms with Crippen LogP contribution in [0.25, 0.3) is 10.9 Å². The largest absolute Gasteiger partial charge is 0.353 e. The van der Waals surface area contributed by atoms with Gasteiger partial charge >= 0.3 is 5.69 Å². The highest BCUT2D eigenvalue weighted by atomic mass is 16.2. The van der Waals surface area contributed by atoms with Gasteiger partial charge in [0.05, 0.1) is 10.9 Å². The van der Waals surface area contributed by atoms with Gasteiger partial charge in [-0.3, -0.25) is 23.5 Å². The SMILES string of the molecule is CC(C)c1ccc(NC(=O)Cn2c(=O)n(CCCCC(=O)NC3CCCCC3)c(=O)c3ccccc32)cc1. The van der Waals surface area contributed by atoms with Gasteiger partial charge in [0.2, 0.25) is 11.8 Å². The molecular formula is C30H38N4O4. The molecule has 4 rings (SSSR count). The average Bonchev–Trinajstić information content (AvgIpc) is 2.91. The van der Waals surface area contributed by atoms with Crippen LogP contribution in [0.4, 0.5) is 5.69 Å². The van der Waals surface area contributed by atoms with E-state index < -0.39 is 5.69 Å². The zero-order chi connectivity index (χ0) is 27.1. The molecule has 8 nitrogen and oxygen atoms in total. The van der Waals surface area contributed by atoms with Gasteiger partial charge in [-0.1, -0.05) is 57.4 Å². The molecule has 1 heterocycles. The molecule has 0 aliphatic heterocycles. The molecule has 1 saturated carbocycles. The number of aromatic nitrogens is 2. The minimum absolute atomic E-state index is 0.0262. The van der Waals surface area contributed by atoms with Gasteiger partial charge < -0.3 is 10.6 Å². The molecule has 0 saturated heterocycles. The number of unbranched alkanes of at least 4 members (excludes halogenated alkanes) is 1. The standard InChI is InChI=1S/C30H38N4O4/c1-21(2)22-15-17-24(18-16-22)32-28(36)20-34-26-13-7-6-12-25(26)29(37)33(30(34)38)19-9-8-14-27(35)31-23-10-4-3-5-11-23/h6-7,12-13,15-18,21,23H,3-5,8-11,14,19-20H2,1-2H3,(H,31,35)(H,32,36). The minimum Gasteiger partial charge on any atom is -0.353 e. The molecule has 0 unspecified atom stereocenters. The van der Waals surface area contributed by atoms with E-state index in [9.17, 15) is 19.2 Å². The van der Waals surface area contributed by atoms with E-state index in [1.54, 1.807) is 24.3 Å². The predicted molar refractivity (Wildman–Crippen MR) is 150 cm³/mol. The van der Waals surface area contributed by atoms with Crippen LogP contribution in [0, 0.1) is 0 Å². The minimum atomic E-state index is -0.523. The van der Waals surface area contributed by atoms with E-state index in [2.05, 4.69) is 24.5 Å². The van der Waals surface area contributed by atoms with Crippen molar-refractivity contribution in [2.45, 2.75) is 90.3 Å². The summed E-state index contributed by atoms with van der Waals surface area (Å²) >= 11 is 0. The summed E-state index contributed by atoms with van der Waals surface area (Å²) in [4.78, 5) is 51.7. The summed E-state index contributed by atoms with van der Waals surface area (Å²) in [5.74, 6) is 0.0643. The maximum absolute atomic E-state index is 13.4. The van der Waals surface area contributed by atoms with E-state index >= 15 is 0 Å². The molecule has 2 N–H and O–H groups in total. The highest BCUT2D eigenvalue weighted by molar-refractivity contribution is 5.91. The van der Waals surface area contributed by atoms with Crippen molar-refractivity contribution in [3.05, 3.63) is 74.9 Å². The van der Waals surface area contributed by atoms with Crippen LogP contribution in [0.15, 0.2) is 58.1 Å². The first-order valence-electron chi connectivity index (χ1n) is 13.7. The van der Waals surface area contributed by atoms with Gasteiger partial charge in [0.25, 0.3) is 5.56 Å². The Kier molecular flexibility index (Phi) is 9.15. The molecule has 2 aromatic carbocycles. The quantitative estimate of drug-likeness (QED) is 0.385. The summed E-state index contributed by atoms with van der Waals surface area (Å²) in [7, 11) is 0. The summed E-state index contributed by atoms with van der Waals surface area (Å²) in [6, 6.07) is 14.7. The second-order valence-corrected chi connectivity index (χ2v) is 10.5. The fourth-order valence-corrected chi connectivity index (χ4v) is 5.12. The van der Waals surface area contributed by atoms with Gasteiger partial charge in [0.1, 0.15) is 6.54 Å². The van der Waals surface area contributed by atoms with Crippen LogP contribution in [0.1, 0.15) is 76.7 Å². The molecule has 202 valence electrons. The lowest BCUT2D eigenvalue weighted by Gasteiger charge is -2.22. The van der Waals surface area contributed by atoms with Crippen molar-refractivity contribution >= 4 is 28.4 Å². The first-order valence-corrected chi connectivity index (χ1v) is 13.7. The number of anilines is 1. The third-order valence-electron chi connectivity index (χ3n) is 7.30. The number of fused-ring (bicyclic) bond motifs is 1. The van der Waals surface area contributed by atoms with Crippen LogP contribution in [0.5, 0.6) is 0 Å². The van der Waals surface area contributed by atoms with E-state index in [1.807, 2.05) is 24.3 Å². The van der Waals surface area contributed by atoms with E-state index in [0.717, 1.165) is 25.7 Å². The molecule has 2 amide bonds. The number of para-hydroxylation sites is 1. The van der Waals surface area contributed by atoms with Crippen LogP contribution in [0.3, 0.4) is 0 Å². The van der Waals surface area contributed by atoms with Crippen LogP contribution < -0.4 is 21.9 Å². The molecule has 1 aliphatic carbocycles. The number of hydrogen-bond donors (Lipinski definition) is 2. The van der Waals surface area contributed by atoms with Crippen LogP contribution >= 0.6 is 0 Å². The van der Waals surface area contributed by atoms with Crippen molar-refractivity contribution in [1.29, 1.82) is 0 Å². The van der Waals surface area contributed by atoms with Gasteiger partial charge in [0, 0.05) is 24.7 Å². The molecule has 0 spiro atoms. The van der Waals surface area contributed by atoms with E-state index in [1.165, 1.54) is 21.1 Å². The second-order valence-electron chi connectivity index (χ2n) is 10.5. The van der Waals surface area contributed by atoms with Crippen molar-refractivity contribution in [3.8, 4) is 0 Å². The van der Waals surface area contributed by atoms with Crippen molar-refractivity contribution in [1.82, 2.24) is 14.5 Å². The molecule has 8 heteroatoms. The zero-order valence-electron chi connectivity index (χ0n) is 22.4. The Balaban J connectivity index is 1.44. The first kappa shape index (κ1) is 27.4. The van der Waals surface area contributed by atoms with Gasteiger partial charge in [-0.2, -0.15) is 0 Å². The lowest BCUT2D eigenvalue weighted by Crippen LogP contribution is -2.41. The smallest absolute Gasteiger partial charge is 0.331 e. The van der Waals surface area contributed by atoms with E-state index in [-0.39, 0.29) is 36.5 Å². The molecule has 38 heavy (non-hydrogen) atoms. The Morgan fingerprint density at radius 2 is 1.61 bits per heavy atom. The molecule has 1 fully saturated rings.